The Hall–Kier alpha value is -0.636. The predicted octanol–water partition coefficient (Wildman–Crippen LogP) is 3.68. The van der Waals surface area contributed by atoms with E-state index >= 15 is 0 Å². The van der Waals surface area contributed by atoms with Gasteiger partial charge in [-0.1, -0.05) is 12.1 Å². The number of nitrogens with zero attached hydrogens (tertiary/aromatic N) is 2. The second-order valence-corrected chi connectivity index (χ2v) is 3.96. The van der Waals surface area contributed by atoms with Crippen molar-refractivity contribution in [3.63, 3.8) is 0 Å². The van der Waals surface area contributed by atoms with Crippen LogP contribution in [0.25, 0.3) is 10.9 Å². The number of hydrogen-bond donors (Lipinski definition) is 0. The second-order valence-electron chi connectivity index (χ2n) is 3.21. The van der Waals surface area contributed by atoms with E-state index in [-0.39, 0.29) is 32.7 Å². The van der Waals surface area contributed by atoms with E-state index < -0.39 is 0 Å². The molecular weight excluding hydrogens is 365 g/mol. The molecule has 1 aromatic heterocycles. The van der Waals surface area contributed by atoms with Crippen LogP contribution >= 0.6 is 15.9 Å². The molecule has 0 atom stereocenters. The third kappa shape index (κ3) is 4.93. The van der Waals surface area contributed by atoms with Crippen LogP contribution in [0.15, 0.2) is 59.2 Å². The fourth-order valence-electron chi connectivity index (χ4n) is 1.24. The van der Waals surface area contributed by atoms with E-state index in [1.807, 2.05) is 54.6 Å². The van der Waals surface area contributed by atoms with Crippen molar-refractivity contribution in [2.45, 2.75) is 0 Å². The van der Waals surface area contributed by atoms with Crippen LogP contribution in [0.3, 0.4) is 0 Å². The van der Waals surface area contributed by atoms with Gasteiger partial charge in [0.25, 0.3) is 0 Å². The normalized spacial score (nSPS) is 8.94. The molecule has 1 radical (unpaired) electrons. The summed E-state index contributed by atoms with van der Waals surface area (Å²) in [7, 11) is 0. The zero-order valence-electron chi connectivity index (χ0n) is 9.55. The summed E-state index contributed by atoms with van der Waals surface area (Å²) in [6, 6.07) is 23.3. The molecule has 0 saturated carbocycles. The van der Waals surface area contributed by atoms with Crippen LogP contribution in [0.4, 0.5) is 0 Å². The summed E-state index contributed by atoms with van der Waals surface area (Å²) in [6.07, 6.45) is 0. The molecule has 0 aliphatic heterocycles. The number of hydrogen-bond acceptors (Lipinski definition) is 2. The summed E-state index contributed by atoms with van der Waals surface area (Å²) in [4.78, 5) is 0. The third-order valence-electron chi connectivity index (χ3n) is 1.99. The van der Waals surface area contributed by atoms with Gasteiger partial charge in [-0.2, -0.15) is 52.9 Å². The number of aromatic nitrogens is 2. The Labute approximate surface area is 140 Å². The largest absolute Gasteiger partial charge is 0.218 e. The zero-order valence-corrected chi connectivity index (χ0v) is 14.0. The average Bonchev–Trinajstić information content (AvgIpc) is 2.41. The SMILES string of the molecule is Brc1[c-]c2ccccc2nn1.[Y].[c-]1ccccc1. The molecule has 0 saturated heterocycles. The van der Waals surface area contributed by atoms with Crippen LogP contribution in [0, 0.1) is 12.1 Å². The topological polar surface area (TPSA) is 25.8 Å². The van der Waals surface area contributed by atoms with Gasteiger partial charge in [0, 0.05) is 32.7 Å². The maximum Gasteiger partial charge on any atom is 0.0692 e. The van der Waals surface area contributed by atoms with Gasteiger partial charge in [0.1, 0.15) is 0 Å². The van der Waals surface area contributed by atoms with Gasteiger partial charge in [-0.15, -0.1) is 12.1 Å². The molecule has 0 N–H and O–H groups in total. The van der Waals surface area contributed by atoms with Crippen molar-refractivity contribution in [2.24, 2.45) is 0 Å². The summed E-state index contributed by atoms with van der Waals surface area (Å²) in [6.45, 7) is 0. The minimum Gasteiger partial charge on any atom is -0.218 e. The summed E-state index contributed by atoms with van der Waals surface area (Å²) in [5, 5.41) is 8.75. The summed E-state index contributed by atoms with van der Waals surface area (Å²) in [5.74, 6) is 0. The van der Waals surface area contributed by atoms with Crippen molar-refractivity contribution >= 4 is 26.8 Å². The van der Waals surface area contributed by atoms with Crippen LogP contribution in [0.5, 0.6) is 0 Å². The quantitative estimate of drug-likeness (QED) is 0.562. The van der Waals surface area contributed by atoms with Crippen molar-refractivity contribution in [3.8, 4) is 0 Å². The second kappa shape index (κ2) is 8.46. The van der Waals surface area contributed by atoms with Gasteiger partial charge in [0.2, 0.25) is 0 Å². The monoisotopic (exact) mass is 373 g/mol. The van der Waals surface area contributed by atoms with Crippen molar-refractivity contribution < 1.29 is 32.7 Å². The van der Waals surface area contributed by atoms with E-state index in [1.54, 1.807) is 0 Å². The number of fused-ring (bicyclic) bond motifs is 1. The Kier molecular flexibility index (Phi) is 7.25. The standard InChI is InChI=1S/C8H4BrN2.C6H5.Y/c9-8-5-6-3-1-2-4-7(6)10-11-8;1-2-4-6-5-3-1;/h1-4H;1-5H;/q2*-1;. The van der Waals surface area contributed by atoms with Crippen LogP contribution in [0.1, 0.15) is 0 Å². The fraction of sp³-hybridized carbons (Fsp3) is 0. The number of halogens is 1. The summed E-state index contributed by atoms with van der Waals surface area (Å²) >= 11 is 3.20. The molecule has 3 aromatic rings. The Morgan fingerprint density at radius 1 is 0.889 bits per heavy atom. The first-order valence-corrected chi connectivity index (χ1v) is 5.87. The Balaban J connectivity index is 0.000000199. The molecule has 0 amide bonds. The molecule has 2 aromatic carbocycles. The molecule has 3 rings (SSSR count). The molecule has 2 nitrogen and oxygen atoms in total. The summed E-state index contributed by atoms with van der Waals surface area (Å²) < 4.78 is 0.649. The molecular formula is C14H9BrN2Y-2. The first-order chi connectivity index (χ1) is 8.36. The molecule has 0 fully saturated rings. The van der Waals surface area contributed by atoms with Gasteiger partial charge in [-0.3, -0.25) is 0 Å². The van der Waals surface area contributed by atoms with Crippen LogP contribution in [-0.2, 0) is 32.7 Å². The predicted molar refractivity (Wildman–Crippen MR) is 71.4 cm³/mol. The van der Waals surface area contributed by atoms with Gasteiger partial charge in [-0.05, 0) is 21.4 Å². The molecule has 0 unspecified atom stereocenters. The van der Waals surface area contributed by atoms with Crippen molar-refractivity contribution in [1.82, 2.24) is 10.2 Å². The van der Waals surface area contributed by atoms with Crippen LogP contribution in [-0.4, -0.2) is 10.2 Å². The van der Waals surface area contributed by atoms with Crippen LogP contribution < -0.4 is 0 Å². The van der Waals surface area contributed by atoms with Gasteiger partial charge in [-0.25, -0.2) is 5.10 Å². The maximum atomic E-state index is 3.95. The third-order valence-corrected chi connectivity index (χ3v) is 2.35. The smallest absolute Gasteiger partial charge is 0.0692 e. The molecule has 1 heterocycles. The molecule has 0 aliphatic rings. The van der Waals surface area contributed by atoms with E-state index in [0.717, 1.165) is 10.9 Å². The van der Waals surface area contributed by atoms with E-state index in [2.05, 4.69) is 38.3 Å². The van der Waals surface area contributed by atoms with Crippen LogP contribution in [0.2, 0.25) is 0 Å². The maximum absolute atomic E-state index is 3.95. The first-order valence-electron chi connectivity index (χ1n) is 5.07. The first kappa shape index (κ1) is 15.4. The van der Waals surface area contributed by atoms with Crippen molar-refractivity contribution in [2.75, 3.05) is 0 Å². The minimum atomic E-state index is 0. The van der Waals surface area contributed by atoms with Gasteiger partial charge >= 0.3 is 0 Å². The van der Waals surface area contributed by atoms with Crippen molar-refractivity contribution in [1.29, 1.82) is 0 Å². The Bertz CT molecular complexity index is 561. The molecule has 0 spiro atoms. The average molecular weight is 374 g/mol. The molecule has 0 bridgehead atoms. The fourth-order valence-corrected chi connectivity index (χ4v) is 1.54. The van der Waals surface area contributed by atoms with E-state index in [9.17, 15) is 0 Å². The summed E-state index contributed by atoms with van der Waals surface area (Å²) in [5.41, 5.74) is 0.871. The molecule has 4 heteroatoms. The molecule has 87 valence electrons. The Morgan fingerprint density at radius 2 is 1.61 bits per heavy atom. The van der Waals surface area contributed by atoms with E-state index in [4.69, 9.17) is 0 Å². The van der Waals surface area contributed by atoms with Crippen molar-refractivity contribution in [3.05, 3.63) is 71.3 Å². The van der Waals surface area contributed by atoms with E-state index in [0.29, 0.717) is 4.60 Å². The zero-order chi connectivity index (χ0) is 11.9. The minimum absolute atomic E-state index is 0. The van der Waals surface area contributed by atoms with Gasteiger partial charge in [0.15, 0.2) is 0 Å². The Morgan fingerprint density at radius 3 is 2.22 bits per heavy atom. The van der Waals surface area contributed by atoms with E-state index in [1.165, 1.54) is 0 Å². The molecule has 18 heavy (non-hydrogen) atoms. The molecule has 0 aliphatic carbocycles. The van der Waals surface area contributed by atoms with Gasteiger partial charge in [0.05, 0.1) is 4.60 Å². The number of rotatable bonds is 0. The number of benzene rings is 2. The van der Waals surface area contributed by atoms with Gasteiger partial charge < -0.3 is 0 Å².